The Hall–Kier alpha value is -1.63. The molecule has 2 aliphatic rings. The molecule has 2 fully saturated rings. The number of carbonyl (C=O) groups excluding carboxylic acids is 1. The fourth-order valence-electron chi connectivity index (χ4n) is 5.82. The molecule has 6 atom stereocenters. The van der Waals surface area contributed by atoms with Gasteiger partial charge in [0.25, 0.3) is 0 Å². The van der Waals surface area contributed by atoms with Crippen molar-refractivity contribution in [3.8, 4) is 5.75 Å². The average molecular weight is 406 g/mol. The number of benzene rings is 1. The van der Waals surface area contributed by atoms with Crippen LogP contribution >= 0.6 is 0 Å². The largest absolute Gasteiger partial charge is 0.497 e. The normalized spacial score (nSPS) is 36.9. The van der Waals surface area contributed by atoms with Crippen molar-refractivity contribution in [2.75, 3.05) is 13.7 Å². The standard InChI is InChI=1S/C23H35NO5/c1-22-11-10-20(27)23(2,14-25)19(22)9-8-18(26)17(22)12-21(28)24-13-15-4-6-16(29-3)7-5-15/h4-7,17-20,25-27H,8-14H2,1-3H3,(H,24,28). The minimum absolute atomic E-state index is 0.0755. The van der Waals surface area contributed by atoms with E-state index in [9.17, 15) is 20.1 Å². The Kier molecular flexibility index (Phi) is 6.56. The molecule has 0 radical (unpaired) electrons. The zero-order chi connectivity index (χ0) is 21.2. The molecule has 2 aliphatic carbocycles. The summed E-state index contributed by atoms with van der Waals surface area (Å²) in [6.45, 7) is 4.42. The number of fused-ring (bicyclic) bond motifs is 1. The average Bonchev–Trinajstić information content (AvgIpc) is 2.72. The lowest BCUT2D eigenvalue weighted by Crippen LogP contribution is -2.60. The molecule has 29 heavy (non-hydrogen) atoms. The molecule has 6 unspecified atom stereocenters. The lowest BCUT2D eigenvalue weighted by molar-refractivity contribution is -0.185. The van der Waals surface area contributed by atoms with Gasteiger partial charge in [-0.3, -0.25) is 4.79 Å². The summed E-state index contributed by atoms with van der Waals surface area (Å²) in [5, 5.41) is 34.3. The molecule has 1 amide bonds. The molecule has 1 aromatic rings. The lowest BCUT2D eigenvalue weighted by Gasteiger charge is -2.60. The molecule has 6 nitrogen and oxygen atoms in total. The Balaban J connectivity index is 1.68. The zero-order valence-electron chi connectivity index (χ0n) is 17.7. The fourth-order valence-corrected chi connectivity index (χ4v) is 5.82. The van der Waals surface area contributed by atoms with Crippen molar-refractivity contribution in [3.63, 3.8) is 0 Å². The van der Waals surface area contributed by atoms with Gasteiger partial charge in [0.05, 0.1) is 25.9 Å². The van der Waals surface area contributed by atoms with Crippen LogP contribution < -0.4 is 10.1 Å². The van der Waals surface area contributed by atoms with E-state index in [4.69, 9.17) is 4.74 Å². The predicted octanol–water partition coefficient (Wildman–Crippen LogP) is 2.25. The first-order valence-corrected chi connectivity index (χ1v) is 10.6. The van der Waals surface area contributed by atoms with Crippen molar-refractivity contribution in [1.82, 2.24) is 5.32 Å². The molecule has 162 valence electrons. The third kappa shape index (κ3) is 4.16. The minimum atomic E-state index is -0.592. The van der Waals surface area contributed by atoms with E-state index in [2.05, 4.69) is 12.2 Å². The van der Waals surface area contributed by atoms with Gasteiger partial charge in [0.1, 0.15) is 5.75 Å². The van der Waals surface area contributed by atoms with Gasteiger partial charge in [-0.05, 0) is 60.6 Å². The zero-order valence-corrected chi connectivity index (χ0v) is 17.7. The highest BCUT2D eigenvalue weighted by atomic mass is 16.5. The van der Waals surface area contributed by atoms with Crippen LogP contribution in [-0.4, -0.2) is 47.2 Å². The molecule has 1 aromatic carbocycles. The van der Waals surface area contributed by atoms with Crippen LogP contribution in [0.1, 0.15) is 51.5 Å². The Morgan fingerprint density at radius 1 is 1.17 bits per heavy atom. The quantitative estimate of drug-likeness (QED) is 0.582. The van der Waals surface area contributed by atoms with Gasteiger partial charge in [0, 0.05) is 18.4 Å². The lowest BCUT2D eigenvalue weighted by atomic mass is 9.46. The Morgan fingerprint density at radius 2 is 1.86 bits per heavy atom. The monoisotopic (exact) mass is 405 g/mol. The highest BCUT2D eigenvalue weighted by Gasteiger charge is 2.58. The second-order valence-corrected chi connectivity index (χ2v) is 9.36. The van der Waals surface area contributed by atoms with Crippen LogP contribution in [0, 0.1) is 22.7 Å². The van der Waals surface area contributed by atoms with Crippen LogP contribution in [0.25, 0.3) is 0 Å². The fraction of sp³-hybridized carbons (Fsp3) is 0.696. The number of hydrogen-bond acceptors (Lipinski definition) is 5. The van der Waals surface area contributed by atoms with Crippen molar-refractivity contribution in [2.24, 2.45) is 22.7 Å². The molecular weight excluding hydrogens is 370 g/mol. The molecular formula is C23H35NO5. The Labute approximate surface area is 173 Å². The van der Waals surface area contributed by atoms with Gasteiger partial charge >= 0.3 is 0 Å². The van der Waals surface area contributed by atoms with Gasteiger partial charge in [-0.1, -0.05) is 26.0 Å². The molecule has 0 heterocycles. The van der Waals surface area contributed by atoms with Crippen molar-refractivity contribution in [2.45, 2.75) is 64.7 Å². The van der Waals surface area contributed by atoms with Gasteiger partial charge < -0.3 is 25.4 Å². The summed E-state index contributed by atoms with van der Waals surface area (Å²) in [7, 11) is 1.62. The van der Waals surface area contributed by atoms with E-state index < -0.39 is 17.6 Å². The summed E-state index contributed by atoms with van der Waals surface area (Å²) in [4.78, 5) is 12.7. The summed E-state index contributed by atoms with van der Waals surface area (Å²) in [5.41, 5.74) is 0.109. The van der Waals surface area contributed by atoms with Crippen LogP contribution in [0.15, 0.2) is 24.3 Å². The maximum absolute atomic E-state index is 12.7. The second-order valence-electron chi connectivity index (χ2n) is 9.36. The van der Waals surface area contributed by atoms with Crippen molar-refractivity contribution in [1.29, 1.82) is 0 Å². The van der Waals surface area contributed by atoms with Gasteiger partial charge in [0.2, 0.25) is 5.91 Å². The summed E-state index contributed by atoms with van der Waals surface area (Å²) < 4.78 is 5.15. The first-order chi connectivity index (χ1) is 13.7. The SMILES string of the molecule is COc1ccc(CNC(=O)CC2C(O)CCC3C(C)(CO)C(O)CCC23C)cc1. The van der Waals surface area contributed by atoms with Crippen LogP contribution in [0.3, 0.4) is 0 Å². The molecule has 4 N–H and O–H groups in total. The van der Waals surface area contributed by atoms with E-state index in [1.54, 1.807) is 7.11 Å². The number of hydrogen-bond donors (Lipinski definition) is 4. The van der Waals surface area contributed by atoms with Crippen molar-refractivity contribution < 1.29 is 24.9 Å². The van der Waals surface area contributed by atoms with Crippen LogP contribution in [0.2, 0.25) is 0 Å². The van der Waals surface area contributed by atoms with E-state index in [1.165, 1.54) is 0 Å². The highest BCUT2D eigenvalue weighted by molar-refractivity contribution is 5.76. The van der Waals surface area contributed by atoms with E-state index in [0.29, 0.717) is 19.4 Å². The number of aliphatic hydroxyl groups excluding tert-OH is 3. The Morgan fingerprint density at radius 3 is 2.48 bits per heavy atom. The molecule has 3 rings (SSSR count). The third-order valence-electron chi connectivity index (χ3n) is 7.77. The summed E-state index contributed by atoms with van der Waals surface area (Å²) in [6.07, 6.45) is 1.85. The van der Waals surface area contributed by atoms with Gasteiger partial charge in [-0.15, -0.1) is 0 Å². The molecule has 0 spiro atoms. The van der Waals surface area contributed by atoms with Crippen LogP contribution in [0.4, 0.5) is 0 Å². The van der Waals surface area contributed by atoms with Gasteiger partial charge in [-0.25, -0.2) is 0 Å². The number of nitrogens with one attached hydrogen (secondary N) is 1. The Bertz CT molecular complexity index is 708. The first-order valence-electron chi connectivity index (χ1n) is 10.6. The summed E-state index contributed by atoms with van der Waals surface area (Å²) >= 11 is 0. The predicted molar refractivity (Wildman–Crippen MR) is 110 cm³/mol. The summed E-state index contributed by atoms with van der Waals surface area (Å²) in [6, 6.07) is 7.56. The maximum Gasteiger partial charge on any atom is 0.220 e. The highest BCUT2D eigenvalue weighted by Crippen LogP contribution is 2.60. The van der Waals surface area contributed by atoms with Crippen molar-refractivity contribution in [3.05, 3.63) is 29.8 Å². The van der Waals surface area contributed by atoms with E-state index in [1.807, 2.05) is 31.2 Å². The molecule has 0 saturated heterocycles. The van der Waals surface area contributed by atoms with E-state index in [0.717, 1.165) is 24.2 Å². The third-order valence-corrected chi connectivity index (χ3v) is 7.77. The topological polar surface area (TPSA) is 99.0 Å². The number of carbonyl (C=O) groups is 1. The van der Waals surface area contributed by atoms with E-state index >= 15 is 0 Å². The molecule has 2 saturated carbocycles. The molecule has 0 aliphatic heterocycles. The number of rotatable bonds is 6. The molecule has 0 aromatic heterocycles. The van der Waals surface area contributed by atoms with Crippen molar-refractivity contribution >= 4 is 5.91 Å². The minimum Gasteiger partial charge on any atom is -0.497 e. The molecule has 0 bridgehead atoms. The summed E-state index contributed by atoms with van der Waals surface area (Å²) in [5.74, 6) is 0.585. The van der Waals surface area contributed by atoms with Crippen LogP contribution in [-0.2, 0) is 11.3 Å². The van der Waals surface area contributed by atoms with Crippen LogP contribution in [0.5, 0.6) is 5.75 Å². The maximum atomic E-state index is 12.7. The number of amides is 1. The number of methoxy groups -OCH3 is 1. The number of ether oxygens (including phenoxy) is 1. The first kappa shape index (κ1) is 22.1. The second kappa shape index (κ2) is 8.62. The number of aliphatic hydroxyl groups is 3. The van der Waals surface area contributed by atoms with E-state index in [-0.39, 0.29) is 36.2 Å². The molecule has 6 heteroatoms. The van der Waals surface area contributed by atoms with Gasteiger partial charge in [0.15, 0.2) is 0 Å². The smallest absolute Gasteiger partial charge is 0.220 e. The van der Waals surface area contributed by atoms with Gasteiger partial charge in [-0.2, -0.15) is 0 Å².